The van der Waals surface area contributed by atoms with E-state index in [-0.39, 0.29) is 17.3 Å². The number of rotatable bonds is 4. The third-order valence-corrected chi connectivity index (χ3v) is 2.88. The number of nitrogens with zero attached hydrogens (tertiary/aromatic N) is 2. The van der Waals surface area contributed by atoms with Crippen LogP contribution in [0.3, 0.4) is 0 Å². The lowest BCUT2D eigenvalue weighted by atomic mass is 10.1. The first-order valence-electron chi connectivity index (χ1n) is 6.21. The van der Waals surface area contributed by atoms with Gasteiger partial charge in [-0.05, 0) is 12.1 Å². The monoisotopic (exact) mass is 346 g/mol. The lowest BCUT2D eigenvalue weighted by molar-refractivity contribution is -0.153. The van der Waals surface area contributed by atoms with Gasteiger partial charge in [-0.25, -0.2) is 14.8 Å². The SMILES string of the molecule is COC(=O)c1ncc(OCC(F)(F)F)c(-c2ccc(Cl)cc2)n1. The Morgan fingerprint density at radius 2 is 1.91 bits per heavy atom. The molecule has 9 heteroatoms. The minimum absolute atomic E-state index is 0.0290. The second kappa shape index (κ2) is 6.82. The van der Waals surface area contributed by atoms with E-state index in [2.05, 4.69) is 14.7 Å². The summed E-state index contributed by atoms with van der Waals surface area (Å²) in [5.41, 5.74) is 0.445. The number of benzene rings is 1. The van der Waals surface area contributed by atoms with Gasteiger partial charge in [0.1, 0.15) is 5.69 Å². The van der Waals surface area contributed by atoms with Crippen molar-refractivity contribution < 1.29 is 27.4 Å². The van der Waals surface area contributed by atoms with Gasteiger partial charge in [-0.3, -0.25) is 0 Å². The molecule has 0 radical (unpaired) electrons. The highest BCUT2D eigenvalue weighted by Gasteiger charge is 2.29. The van der Waals surface area contributed by atoms with Crippen molar-refractivity contribution in [1.82, 2.24) is 9.97 Å². The van der Waals surface area contributed by atoms with Crippen LogP contribution in [0.5, 0.6) is 5.75 Å². The van der Waals surface area contributed by atoms with Crippen molar-refractivity contribution in [1.29, 1.82) is 0 Å². The van der Waals surface area contributed by atoms with Crippen LogP contribution in [0, 0.1) is 0 Å². The molecule has 0 aliphatic carbocycles. The normalized spacial score (nSPS) is 11.2. The van der Waals surface area contributed by atoms with Crippen LogP contribution < -0.4 is 4.74 Å². The summed E-state index contributed by atoms with van der Waals surface area (Å²) >= 11 is 5.78. The number of hydrogen-bond donors (Lipinski definition) is 0. The number of carbonyl (C=O) groups excluding carboxylic acids is 1. The lowest BCUT2D eigenvalue weighted by Crippen LogP contribution is -2.20. The van der Waals surface area contributed by atoms with Gasteiger partial charge in [-0.2, -0.15) is 13.2 Å². The van der Waals surface area contributed by atoms with E-state index in [4.69, 9.17) is 16.3 Å². The summed E-state index contributed by atoms with van der Waals surface area (Å²) in [6, 6.07) is 6.13. The van der Waals surface area contributed by atoms with E-state index < -0.39 is 18.8 Å². The van der Waals surface area contributed by atoms with Crippen molar-refractivity contribution in [2.75, 3.05) is 13.7 Å². The summed E-state index contributed by atoms with van der Waals surface area (Å²) in [6.45, 7) is -1.51. The quantitative estimate of drug-likeness (QED) is 0.793. The van der Waals surface area contributed by atoms with Crippen LogP contribution in [0.25, 0.3) is 11.3 Å². The van der Waals surface area contributed by atoms with Crippen LogP contribution >= 0.6 is 11.6 Å². The molecule has 0 bridgehead atoms. The van der Waals surface area contributed by atoms with Crippen LogP contribution in [0.15, 0.2) is 30.5 Å². The summed E-state index contributed by atoms with van der Waals surface area (Å²) in [5.74, 6) is -1.32. The van der Waals surface area contributed by atoms with E-state index in [1.165, 1.54) is 24.3 Å². The highest BCUT2D eigenvalue weighted by molar-refractivity contribution is 6.30. The molecule has 0 aliphatic rings. The Hall–Kier alpha value is -2.35. The fourth-order valence-electron chi connectivity index (χ4n) is 1.64. The Labute approximate surface area is 134 Å². The number of ether oxygens (including phenoxy) is 2. The zero-order valence-corrected chi connectivity index (χ0v) is 12.5. The van der Waals surface area contributed by atoms with Gasteiger partial charge in [0.25, 0.3) is 0 Å². The average molecular weight is 347 g/mol. The number of carbonyl (C=O) groups is 1. The maximum atomic E-state index is 12.3. The molecule has 0 fully saturated rings. The Morgan fingerprint density at radius 3 is 2.48 bits per heavy atom. The molecule has 2 rings (SSSR count). The zero-order chi connectivity index (χ0) is 17.0. The topological polar surface area (TPSA) is 61.3 Å². The highest BCUT2D eigenvalue weighted by Crippen LogP contribution is 2.30. The van der Waals surface area contributed by atoms with Gasteiger partial charge in [-0.1, -0.05) is 23.7 Å². The van der Waals surface area contributed by atoms with Gasteiger partial charge in [0.2, 0.25) is 5.82 Å². The minimum atomic E-state index is -4.52. The van der Waals surface area contributed by atoms with Crippen molar-refractivity contribution in [2.24, 2.45) is 0 Å². The molecule has 23 heavy (non-hydrogen) atoms. The first kappa shape index (κ1) is 17.0. The van der Waals surface area contributed by atoms with Crippen LogP contribution in [0.2, 0.25) is 5.02 Å². The van der Waals surface area contributed by atoms with E-state index in [0.717, 1.165) is 13.3 Å². The predicted octanol–water partition coefficient (Wildman–Crippen LogP) is 3.52. The first-order chi connectivity index (χ1) is 10.8. The van der Waals surface area contributed by atoms with Crippen molar-refractivity contribution in [3.63, 3.8) is 0 Å². The molecule has 0 N–H and O–H groups in total. The molecule has 0 amide bonds. The molecule has 0 aliphatic heterocycles. The predicted molar refractivity (Wildman–Crippen MR) is 75.4 cm³/mol. The van der Waals surface area contributed by atoms with E-state index in [9.17, 15) is 18.0 Å². The van der Waals surface area contributed by atoms with E-state index >= 15 is 0 Å². The van der Waals surface area contributed by atoms with Crippen molar-refractivity contribution in [3.05, 3.63) is 41.3 Å². The lowest BCUT2D eigenvalue weighted by Gasteiger charge is -2.13. The van der Waals surface area contributed by atoms with Crippen molar-refractivity contribution in [3.8, 4) is 17.0 Å². The third kappa shape index (κ3) is 4.56. The van der Waals surface area contributed by atoms with E-state index in [1.807, 2.05) is 0 Å². The van der Waals surface area contributed by atoms with Crippen molar-refractivity contribution >= 4 is 17.6 Å². The van der Waals surface area contributed by atoms with Gasteiger partial charge >= 0.3 is 12.1 Å². The molecule has 1 aromatic heterocycles. The van der Waals surface area contributed by atoms with Crippen molar-refractivity contribution in [2.45, 2.75) is 6.18 Å². The molecule has 0 unspecified atom stereocenters. The molecule has 122 valence electrons. The Balaban J connectivity index is 2.44. The summed E-state index contributed by atoms with van der Waals surface area (Å²) in [4.78, 5) is 19.1. The molecule has 0 saturated heterocycles. The van der Waals surface area contributed by atoms with Crippen LogP contribution in [-0.2, 0) is 4.74 Å². The number of alkyl halides is 3. The third-order valence-electron chi connectivity index (χ3n) is 2.63. The zero-order valence-electron chi connectivity index (χ0n) is 11.7. The molecular weight excluding hydrogens is 337 g/mol. The van der Waals surface area contributed by atoms with Gasteiger partial charge in [0.15, 0.2) is 12.4 Å². The van der Waals surface area contributed by atoms with Gasteiger partial charge in [0.05, 0.1) is 13.3 Å². The summed E-state index contributed by atoms with van der Waals surface area (Å²) < 4.78 is 46.2. The molecule has 0 spiro atoms. The number of hydrogen-bond acceptors (Lipinski definition) is 5. The summed E-state index contributed by atoms with van der Waals surface area (Å²) in [6.07, 6.45) is -3.52. The van der Waals surface area contributed by atoms with E-state index in [1.54, 1.807) is 0 Å². The van der Waals surface area contributed by atoms with Crippen LogP contribution in [0.4, 0.5) is 13.2 Å². The number of methoxy groups -OCH3 is 1. The summed E-state index contributed by atoms with van der Waals surface area (Å²) in [5, 5.41) is 0.439. The Morgan fingerprint density at radius 1 is 1.26 bits per heavy atom. The smallest absolute Gasteiger partial charge is 0.422 e. The first-order valence-corrected chi connectivity index (χ1v) is 6.59. The summed E-state index contributed by atoms with van der Waals surface area (Å²) in [7, 11) is 1.14. The average Bonchev–Trinajstić information content (AvgIpc) is 2.52. The molecule has 1 heterocycles. The molecule has 0 atom stereocenters. The van der Waals surface area contributed by atoms with E-state index in [0.29, 0.717) is 10.6 Å². The maximum Gasteiger partial charge on any atom is 0.422 e. The van der Waals surface area contributed by atoms with Gasteiger partial charge in [0, 0.05) is 10.6 Å². The largest absolute Gasteiger partial charge is 0.480 e. The molecular formula is C14H10ClF3N2O3. The number of halogens is 4. The second-order valence-corrected chi connectivity index (χ2v) is 4.75. The molecule has 0 saturated carbocycles. The molecule has 1 aromatic carbocycles. The Kier molecular flexibility index (Phi) is 5.05. The fourth-order valence-corrected chi connectivity index (χ4v) is 1.77. The maximum absolute atomic E-state index is 12.3. The Bertz CT molecular complexity index is 705. The van der Waals surface area contributed by atoms with Gasteiger partial charge in [-0.15, -0.1) is 0 Å². The highest BCUT2D eigenvalue weighted by atomic mass is 35.5. The number of aromatic nitrogens is 2. The molecule has 2 aromatic rings. The van der Waals surface area contributed by atoms with Gasteiger partial charge < -0.3 is 9.47 Å². The fraction of sp³-hybridized carbons (Fsp3) is 0.214. The van der Waals surface area contributed by atoms with Crippen LogP contribution in [0.1, 0.15) is 10.6 Å². The molecule has 5 nitrogen and oxygen atoms in total. The van der Waals surface area contributed by atoms with Crippen LogP contribution in [-0.4, -0.2) is 35.8 Å². The minimum Gasteiger partial charge on any atom is -0.480 e. The number of esters is 1. The standard InChI is InChI=1S/C14H10ClF3N2O3/c1-22-13(21)12-19-6-10(23-7-14(16,17)18)11(20-12)8-2-4-9(15)5-3-8/h2-6H,7H2,1H3. The second-order valence-electron chi connectivity index (χ2n) is 4.31.